The molecular weight excluding hydrogens is 262 g/mol. The fourth-order valence-electron chi connectivity index (χ4n) is 3.05. The molecule has 0 unspecified atom stereocenters. The van der Waals surface area contributed by atoms with Gasteiger partial charge in [-0.3, -0.25) is 0 Å². The van der Waals surface area contributed by atoms with Crippen molar-refractivity contribution < 1.29 is 15.2 Å². The first kappa shape index (κ1) is 16.3. The molecule has 0 heterocycles. The highest BCUT2D eigenvalue weighted by atomic mass is 16.5. The van der Waals surface area contributed by atoms with Gasteiger partial charge in [0.25, 0.3) is 0 Å². The van der Waals surface area contributed by atoms with Gasteiger partial charge >= 0.3 is 0 Å². The van der Waals surface area contributed by atoms with E-state index in [1.54, 1.807) is 0 Å². The van der Waals surface area contributed by atoms with Gasteiger partial charge < -0.3 is 15.2 Å². The molecule has 3 N–H and O–H groups in total. The lowest BCUT2D eigenvalue weighted by atomic mass is 9.84. The Balaban J connectivity index is 1.90. The topological polar surface area (TPSA) is 46.1 Å². The Morgan fingerprint density at radius 3 is 2.62 bits per heavy atom. The summed E-state index contributed by atoms with van der Waals surface area (Å²) in [6.45, 7) is 5.34. The van der Waals surface area contributed by atoms with E-state index in [0.717, 1.165) is 5.75 Å². The van der Waals surface area contributed by atoms with Crippen LogP contribution in [0.5, 0.6) is 5.75 Å². The summed E-state index contributed by atoms with van der Waals surface area (Å²) in [5.74, 6) is 1.60. The van der Waals surface area contributed by atoms with Crippen LogP contribution in [0.3, 0.4) is 0 Å². The molecule has 1 saturated carbocycles. The van der Waals surface area contributed by atoms with Gasteiger partial charge in [0.1, 0.15) is 25.0 Å². The first-order chi connectivity index (χ1) is 10.2. The molecular formula is C18H30NO2+. The van der Waals surface area contributed by atoms with E-state index in [2.05, 4.69) is 31.3 Å². The van der Waals surface area contributed by atoms with Crippen molar-refractivity contribution in [3.8, 4) is 5.75 Å². The predicted octanol–water partition coefficient (Wildman–Crippen LogP) is 2.45. The number of benzene rings is 1. The summed E-state index contributed by atoms with van der Waals surface area (Å²) in [5, 5.41) is 12.1. The lowest BCUT2D eigenvalue weighted by molar-refractivity contribution is -0.688. The molecule has 1 aliphatic rings. The van der Waals surface area contributed by atoms with E-state index in [9.17, 15) is 5.11 Å². The van der Waals surface area contributed by atoms with Gasteiger partial charge in [-0.05, 0) is 44.2 Å². The van der Waals surface area contributed by atoms with Crippen molar-refractivity contribution in [3.05, 3.63) is 29.8 Å². The summed E-state index contributed by atoms with van der Waals surface area (Å²) >= 11 is 0. The van der Waals surface area contributed by atoms with E-state index in [0.29, 0.717) is 25.1 Å². The maximum atomic E-state index is 10.0. The van der Waals surface area contributed by atoms with Crippen molar-refractivity contribution in [2.75, 3.05) is 13.2 Å². The molecule has 1 fully saturated rings. The second-order valence-corrected chi connectivity index (χ2v) is 6.55. The lowest BCUT2D eigenvalue weighted by Gasteiger charge is -2.24. The molecule has 118 valence electrons. The van der Waals surface area contributed by atoms with Crippen LogP contribution in [0.2, 0.25) is 0 Å². The van der Waals surface area contributed by atoms with Crippen molar-refractivity contribution in [1.82, 2.24) is 0 Å². The van der Waals surface area contributed by atoms with Crippen molar-refractivity contribution in [2.24, 2.45) is 0 Å². The second kappa shape index (κ2) is 8.40. The molecule has 0 radical (unpaired) electrons. The first-order valence-corrected chi connectivity index (χ1v) is 8.40. The highest BCUT2D eigenvalue weighted by Crippen LogP contribution is 2.37. The summed E-state index contributed by atoms with van der Waals surface area (Å²) in [6, 6.07) is 8.86. The summed E-state index contributed by atoms with van der Waals surface area (Å²) in [6.07, 6.45) is 6.14. The first-order valence-electron chi connectivity index (χ1n) is 8.40. The zero-order valence-corrected chi connectivity index (χ0v) is 13.4. The summed E-state index contributed by atoms with van der Waals surface area (Å²) in [7, 11) is 0. The number of aliphatic hydroxyl groups is 1. The Labute approximate surface area is 128 Å². The predicted molar refractivity (Wildman–Crippen MR) is 85.7 cm³/mol. The van der Waals surface area contributed by atoms with Crippen LogP contribution < -0.4 is 10.1 Å². The maximum Gasteiger partial charge on any atom is 0.137 e. The van der Waals surface area contributed by atoms with E-state index in [-0.39, 0.29) is 0 Å². The third kappa shape index (κ3) is 5.33. The van der Waals surface area contributed by atoms with Crippen LogP contribution in [-0.4, -0.2) is 30.4 Å². The van der Waals surface area contributed by atoms with Gasteiger partial charge in [-0.25, -0.2) is 0 Å². The Bertz CT molecular complexity index is 413. The van der Waals surface area contributed by atoms with Crippen LogP contribution in [0, 0.1) is 0 Å². The number of hydrogen-bond acceptors (Lipinski definition) is 2. The van der Waals surface area contributed by atoms with Gasteiger partial charge in [-0.15, -0.1) is 0 Å². The highest BCUT2D eigenvalue weighted by molar-refractivity contribution is 5.36. The molecule has 0 bridgehead atoms. The molecule has 0 saturated heterocycles. The third-order valence-corrected chi connectivity index (χ3v) is 4.27. The molecule has 1 aliphatic carbocycles. The quantitative estimate of drug-likeness (QED) is 0.811. The number of aliphatic hydroxyl groups excluding tert-OH is 1. The Hall–Kier alpha value is -1.06. The van der Waals surface area contributed by atoms with E-state index < -0.39 is 6.10 Å². The van der Waals surface area contributed by atoms with Gasteiger partial charge in [0.15, 0.2) is 0 Å². The maximum absolute atomic E-state index is 10.0. The van der Waals surface area contributed by atoms with Gasteiger partial charge in [0, 0.05) is 0 Å². The normalized spacial score (nSPS) is 17.9. The van der Waals surface area contributed by atoms with Crippen LogP contribution in [0.25, 0.3) is 0 Å². The number of ether oxygens (including phenoxy) is 1. The summed E-state index contributed by atoms with van der Waals surface area (Å²) in [4.78, 5) is 0. The Morgan fingerprint density at radius 1 is 1.19 bits per heavy atom. The minimum Gasteiger partial charge on any atom is -0.490 e. The van der Waals surface area contributed by atoms with Crippen LogP contribution >= 0.6 is 0 Å². The minimum atomic E-state index is -0.410. The van der Waals surface area contributed by atoms with Gasteiger partial charge in [0.2, 0.25) is 0 Å². The molecule has 1 aromatic carbocycles. The smallest absolute Gasteiger partial charge is 0.137 e. The molecule has 0 aromatic heterocycles. The average Bonchev–Trinajstić information content (AvgIpc) is 2.52. The van der Waals surface area contributed by atoms with Crippen molar-refractivity contribution >= 4 is 0 Å². The average molecular weight is 292 g/mol. The van der Waals surface area contributed by atoms with E-state index in [4.69, 9.17) is 4.74 Å². The number of quaternary nitrogens is 1. The van der Waals surface area contributed by atoms with E-state index in [1.165, 1.54) is 37.7 Å². The molecule has 1 aromatic rings. The van der Waals surface area contributed by atoms with Crippen molar-refractivity contribution in [1.29, 1.82) is 0 Å². The molecule has 0 aliphatic heterocycles. The SMILES string of the molecule is CC(C)[NH2+]C[C@@H](O)COc1ccccc1C1CCCCC1. The number of hydrogen-bond donors (Lipinski definition) is 2. The number of nitrogens with two attached hydrogens (primary N) is 1. The standard InChI is InChI=1S/C18H29NO2/c1-14(2)19-12-16(20)13-21-18-11-7-6-10-17(18)15-8-4-3-5-9-15/h6-7,10-11,14-16,19-20H,3-5,8-9,12-13H2,1-2H3/p+1/t16-/m1/s1. The van der Waals surface area contributed by atoms with Gasteiger partial charge in [0.05, 0.1) is 6.04 Å². The molecule has 21 heavy (non-hydrogen) atoms. The molecule has 2 rings (SSSR count). The second-order valence-electron chi connectivity index (χ2n) is 6.55. The number of para-hydroxylation sites is 1. The van der Waals surface area contributed by atoms with E-state index >= 15 is 0 Å². The fourth-order valence-corrected chi connectivity index (χ4v) is 3.05. The van der Waals surface area contributed by atoms with E-state index in [1.807, 2.05) is 12.1 Å². The zero-order chi connectivity index (χ0) is 15.1. The Morgan fingerprint density at radius 2 is 1.90 bits per heavy atom. The van der Waals surface area contributed by atoms with Gasteiger partial charge in [-0.2, -0.15) is 0 Å². The fraction of sp³-hybridized carbons (Fsp3) is 0.667. The molecule has 3 heteroatoms. The van der Waals surface area contributed by atoms with Crippen LogP contribution in [0.15, 0.2) is 24.3 Å². The summed E-state index contributed by atoms with van der Waals surface area (Å²) in [5.41, 5.74) is 1.33. The van der Waals surface area contributed by atoms with Crippen molar-refractivity contribution in [2.45, 2.75) is 64.0 Å². The third-order valence-electron chi connectivity index (χ3n) is 4.27. The van der Waals surface area contributed by atoms with Crippen LogP contribution in [0.1, 0.15) is 57.4 Å². The van der Waals surface area contributed by atoms with Crippen molar-refractivity contribution in [3.63, 3.8) is 0 Å². The monoisotopic (exact) mass is 292 g/mol. The lowest BCUT2D eigenvalue weighted by Crippen LogP contribution is -2.90. The molecule has 0 amide bonds. The zero-order valence-electron chi connectivity index (χ0n) is 13.4. The van der Waals surface area contributed by atoms with Gasteiger partial charge in [-0.1, -0.05) is 37.5 Å². The largest absolute Gasteiger partial charge is 0.490 e. The molecule has 1 atom stereocenters. The van der Waals surface area contributed by atoms with Crippen LogP contribution in [0.4, 0.5) is 0 Å². The van der Waals surface area contributed by atoms with Crippen LogP contribution in [-0.2, 0) is 0 Å². The minimum absolute atomic E-state index is 0.382. The Kier molecular flexibility index (Phi) is 6.52. The molecule has 0 spiro atoms. The summed E-state index contributed by atoms with van der Waals surface area (Å²) < 4.78 is 5.91. The number of rotatable bonds is 7. The molecule has 3 nitrogen and oxygen atoms in total. The highest BCUT2D eigenvalue weighted by Gasteiger charge is 2.19.